The highest BCUT2D eigenvalue weighted by molar-refractivity contribution is 5.69. The molecule has 0 atom stereocenters. The lowest BCUT2D eigenvalue weighted by Crippen LogP contribution is -2.35. The normalized spacial score (nSPS) is 11.9. The SMILES string of the molecule is CCOC(=O)CCN(CC)CC(F)(F)F. The first kappa shape index (κ1) is 14.2. The third kappa shape index (κ3) is 8.23. The average molecular weight is 227 g/mol. The van der Waals surface area contributed by atoms with Crippen LogP contribution in [0.1, 0.15) is 20.3 Å². The standard InChI is InChI=1S/C9H16F3NO2/c1-3-13(7-9(10,11)12)6-5-8(14)15-4-2/h3-7H2,1-2H3. The van der Waals surface area contributed by atoms with Gasteiger partial charge in [-0.25, -0.2) is 0 Å². The number of carbonyl (C=O) groups excluding carboxylic acids is 1. The van der Waals surface area contributed by atoms with Gasteiger partial charge in [-0.15, -0.1) is 0 Å². The monoisotopic (exact) mass is 227 g/mol. The molecule has 0 saturated heterocycles. The van der Waals surface area contributed by atoms with Crippen LogP contribution in [0.2, 0.25) is 0 Å². The Morgan fingerprint density at radius 3 is 2.33 bits per heavy atom. The molecule has 0 aromatic heterocycles. The summed E-state index contributed by atoms with van der Waals surface area (Å²) in [5, 5.41) is 0. The van der Waals surface area contributed by atoms with Gasteiger partial charge in [0.05, 0.1) is 19.6 Å². The van der Waals surface area contributed by atoms with Crippen LogP contribution in [0.15, 0.2) is 0 Å². The molecule has 0 aliphatic rings. The van der Waals surface area contributed by atoms with E-state index in [1.165, 1.54) is 0 Å². The molecular weight excluding hydrogens is 211 g/mol. The topological polar surface area (TPSA) is 29.5 Å². The van der Waals surface area contributed by atoms with Crippen LogP contribution < -0.4 is 0 Å². The number of nitrogens with zero attached hydrogens (tertiary/aromatic N) is 1. The summed E-state index contributed by atoms with van der Waals surface area (Å²) in [7, 11) is 0. The van der Waals surface area contributed by atoms with Crippen molar-refractivity contribution in [2.24, 2.45) is 0 Å². The smallest absolute Gasteiger partial charge is 0.401 e. The summed E-state index contributed by atoms with van der Waals surface area (Å²) in [5.74, 6) is -0.460. The van der Waals surface area contributed by atoms with E-state index in [0.717, 1.165) is 4.90 Å². The first-order valence-electron chi connectivity index (χ1n) is 4.83. The highest BCUT2D eigenvalue weighted by Gasteiger charge is 2.30. The number of alkyl halides is 3. The predicted octanol–water partition coefficient (Wildman–Crippen LogP) is 1.82. The zero-order chi connectivity index (χ0) is 11.9. The lowest BCUT2D eigenvalue weighted by Gasteiger charge is -2.21. The maximum Gasteiger partial charge on any atom is 0.401 e. The fraction of sp³-hybridized carbons (Fsp3) is 0.889. The second-order valence-electron chi connectivity index (χ2n) is 3.04. The van der Waals surface area contributed by atoms with Crippen LogP contribution in [0.5, 0.6) is 0 Å². The largest absolute Gasteiger partial charge is 0.466 e. The van der Waals surface area contributed by atoms with Crippen molar-refractivity contribution >= 4 is 5.97 Å². The molecule has 0 aliphatic carbocycles. The molecule has 0 rings (SSSR count). The zero-order valence-corrected chi connectivity index (χ0v) is 8.93. The number of halogens is 3. The van der Waals surface area contributed by atoms with Gasteiger partial charge in [0, 0.05) is 6.54 Å². The van der Waals surface area contributed by atoms with E-state index >= 15 is 0 Å². The molecule has 0 radical (unpaired) electrons. The molecule has 0 fully saturated rings. The number of hydrogen-bond donors (Lipinski definition) is 0. The van der Waals surface area contributed by atoms with Gasteiger partial charge in [0.15, 0.2) is 0 Å². The summed E-state index contributed by atoms with van der Waals surface area (Å²) in [5.41, 5.74) is 0. The molecule has 0 heterocycles. The number of esters is 1. The molecule has 15 heavy (non-hydrogen) atoms. The molecule has 0 amide bonds. The Morgan fingerprint density at radius 2 is 1.93 bits per heavy atom. The van der Waals surface area contributed by atoms with Gasteiger partial charge in [-0.1, -0.05) is 6.92 Å². The van der Waals surface area contributed by atoms with E-state index in [0.29, 0.717) is 0 Å². The second-order valence-corrected chi connectivity index (χ2v) is 3.04. The van der Waals surface area contributed by atoms with Crippen LogP contribution in [0.25, 0.3) is 0 Å². The lowest BCUT2D eigenvalue weighted by atomic mass is 10.3. The van der Waals surface area contributed by atoms with Crippen molar-refractivity contribution in [1.29, 1.82) is 0 Å². The molecule has 3 nitrogen and oxygen atoms in total. The Balaban J connectivity index is 3.85. The minimum Gasteiger partial charge on any atom is -0.466 e. The van der Waals surface area contributed by atoms with Crippen molar-refractivity contribution in [2.45, 2.75) is 26.4 Å². The number of rotatable bonds is 6. The lowest BCUT2D eigenvalue weighted by molar-refractivity contribution is -0.151. The van der Waals surface area contributed by atoms with E-state index in [-0.39, 0.29) is 26.1 Å². The summed E-state index contributed by atoms with van der Waals surface area (Å²) in [4.78, 5) is 12.1. The highest BCUT2D eigenvalue weighted by Crippen LogP contribution is 2.16. The van der Waals surface area contributed by atoms with Crippen molar-refractivity contribution in [3.63, 3.8) is 0 Å². The Morgan fingerprint density at radius 1 is 1.33 bits per heavy atom. The molecule has 0 aromatic carbocycles. The van der Waals surface area contributed by atoms with Gasteiger partial charge in [-0.2, -0.15) is 13.2 Å². The van der Waals surface area contributed by atoms with E-state index in [2.05, 4.69) is 4.74 Å². The second kappa shape index (κ2) is 6.66. The van der Waals surface area contributed by atoms with E-state index in [4.69, 9.17) is 0 Å². The molecule has 0 aliphatic heterocycles. The van der Waals surface area contributed by atoms with E-state index < -0.39 is 18.7 Å². The van der Waals surface area contributed by atoms with Crippen LogP contribution in [0.4, 0.5) is 13.2 Å². The summed E-state index contributed by atoms with van der Waals surface area (Å²) >= 11 is 0. The van der Waals surface area contributed by atoms with Gasteiger partial charge in [0.1, 0.15) is 0 Å². The Kier molecular flexibility index (Phi) is 6.31. The van der Waals surface area contributed by atoms with E-state index in [1.54, 1.807) is 13.8 Å². The van der Waals surface area contributed by atoms with Gasteiger partial charge < -0.3 is 4.74 Å². The van der Waals surface area contributed by atoms with Crippen LogP contribution >= 0.6 is 0 Å². The van der Waals surface area contributed by atoms with Crippen molar-refractivity contribution in [1.82, 2.24) is 4.90 Å². The minimum atomic E-state index is -4.22. The third-order valence-electron chi connectivity index (χ3n) is 1.79. The van der Waals surface area contributed by atoms with Crippen molar-refractivity contribution in [2.75, 3.05) is 26.2 Å². The van der Waals surface area contributed by atoms with Crippen LogP contribution in [-0.4, -0.2) is 43.3 Å². The first-order chi connectivity index (χ1) is 6.89. The van der Waals surface area contributed by atoms with Crippen LogP contribution in [-0.2, 0) is 9.53 Å². The molecule has 0 bridgehead atoms. The number of carbonyl (C=O) groups is 1. The molecule has 0 aromatic rings. The summed E-state index contributed by atoms with van der Waals surface area (Å²) in [6, 6.07) is 0. The summed E-state index contributed by atoms with van der Waals surface area (Å²) < 4.78 is 40.6. The Labute approximate surface area is 87.2 Å². The zero-order valence-electron chi connectivity index (χ0n) is 8.93. The van der Waals surface area contributed by atoms with Crippen molar-refractivity contribution in [3.05, 3.63) is 0 Å². The van der Waals surface area contributed by atoms with Crippen LogP contribution in [0.3, 0.4) is 0 Å². The number of hydrogen-bond acceptors (Lipinski definition) is 3. The molecule has 0 saturated carbocycles. The Bertz CT molecular complexity index is 194. The number of ether oxygens (including phenoxy) is 1. The molecule has 6 heteroatoms. The molecule has 90 valence electrons. The van der Waals surface area contributed by atoms with Crippen molar-refractivity contribution < 1.29 is 22.7 Å². The molecule has 0 spiro atoms. The average Bonchev–Trinajstić information content (AvgIpc) is 2.11. The van der Waals surface area contributed by atoms with Gasteiger partial charge >= 0.3 is 12.1 Å². The maximum absolute atomic E-state index is 12.0. The molecule has 0 N–H and O–H groups in total. The van der Waals surface area contributed by atoms with Gasteiger partial charge in [-0.05, 0) is 13.5 Å². The minimum absolute atomic E-state index is 0.00222. The third-order valence-corrected chi connectivity index (χ3v) is 1.79. The highest BCUT2D eigenvalue weighted by atomic mass is 19.4. The first-order valence-corrected chi connectivity index (χ1v) is 4.83. The molecular formula is C9H16F3NO2. The van der Waals surface area contributed by atoms with E-state index in [1.807, 2.05) is 0 Å². The fourth-order valence-corrected chi connectivity index (χ4v) is 1.09. The summed E-state index contributed by atoms with van der Waals surface area (Å²) in [6.45, 7) is 2.89. The predicted molar refractivity (Wildman–Crippen MR) is 49.4 cm³/mol. The van der Waals surface area contributed by atoms with Gasteiger partial charge in [-0.3, -0.25) is 9.69 Å². The Hall–Kier alpha value is -0.780. The summed E-state index contributed by atoms with van der Waals surface area (Å²) in [6.07, 6.45) is -4.22. The van der Waals surface area contributed by atoms with Gasteiger partial charge in [0.25, 0.3) is 0 Å². The van der Waals surface area contributed by atoms with Crippen LogP contribution in [0, 0.1) is 0 Å². The quantitative estimate of drug-likeness (QED) is 0.648. The van der Waals surface area contributed by atoms with Crippen molar-refractivity contribution in [3.8, 4) is 0 Å². The maximum atomic E-state index is 12.0. The molecule has 0 unspecified atom stereocenters. The fourth-order valence-electron chi connectivity index (χ4n) is 1.09. The van der Waals surface area contributed by atoms with Gasteiger partial charge in [0.2, 0.25) is 0 Å². The van der Waals surface area contributed by atoms with E-state index in [9.17, 15) is 18.0 Å².